The standard InChI is InChI=1S/C19H26N2O5S/c1-21(16-5-3-2-4-6-16)27(25,26)17-9-7-13(8-10-17)18(22)20-15-11-14(12-15)19(23)24/h7-10,14-16H,2-6,11-12H2,1H3,(H,20,22)(H,23,24). The van der Waals surface area contributed by atoms with Crippen molar-refractivity contribution in [3.63, 3.8) is 0 Å². The van der Waals surface area contributed by atoms with Crippen LogP contribution in [-0.4, -0.2) is 48.8 Å². The number of carbonyl (C=O) groups excluding carboxylic acids is 1. The molecule has 0 bridgehead atoms. The minimum Gasteiger partial charge on any atom is -0.481 e. The second kappa shape index (κ2) is 7.98. The number of hydrogen-bond donors (Lipinski definition) is 2. The lowest BCUT2D eigenvalue weighted by atomic mass is 9.80. The van der Waals surface area contributed by atoms with Gasteiger partial charge in [0.1, 0.15) is 0 Å². The van der Waals surface area contributed by atoms with Gasteiger partial charge in [0.05, 0.1) is 10.8 Å². The molecule has 0 atom stereocenters. The zero-order valence-electron chi connectivity index (χ0n) is 15.4. The summed E-state index contributed by atoms with van der Waals surface area (Å²) in [6.07, 6.45) is 5.88. The number of nitrogens with one attached hydrogen (secondary N) is 1. The molecule has 2 N–H and O–H groups in total. The monoisotopic (exact) mass is 394 g/mol. The van der Waals surface area contributed by atoms with Crippen molar-refractivity contribution in [3.8, 4) is 0 Å². The van der Waals surface area contributed by atoms with Gasteiger partial charge in [0.15, 0.2) is 0 Å². The van der Waals surface area contributed by atoms with Gasteiger partial charge in [-0.25, -0.2) is 8.42 Å². The molecule has 1 aromatic carbocycles. The summed E-state index contributed by atoms with van der Waals surface area (Å²) in [5.41, 5.74) is 0.369. The highest BCUT2D eigenvalue weighted by atomic mass is 32.2. The van der Waals surface area contributed by atoms with E-state index in [-0.39, 0.29) is 22.9 Å². The van der Waals surface area contributed by atoms with Gasteiger partial charge in [0, 0.05) is 24.7 Å². The van der Waals surface area contributed by atoms with E-state index in [1.807, 2.05) is 0 Å². The Hall–Kier alpha value is -1.93. The van der Waals surface area contributed by atoms with Gasteiger partial charge >= 0.3 is 5.97 Å². The van der Waals surface area contributed by atoms with E-state index in [0.717, 1.165) is 32.1 Å². The summed E-state index contributed by atoms with van der Waals surface area (Å²) >= 11 is 0. The number of rotatable bonds is 6. The van der Waals surface area contributed by atoms with Gasteiger partial charge in [-0.15, -0.1) is 0 Å². The second-order valence-corrected chi connectivity index (χ2v) is 9.51. The molecule has 0 unspecified atom stereocenters. The summed E-state index contributed by atoms with van der Waals surface area (Å²) < 4.78 is 27.1. The minimum absolute atomic E-state index is 0.0347. The zero-order valence-corrected chi connectivity index (χ0v) is 16.2. The normalized spacial score (nSPS) is 23.6. The van der Waals surface area contributed by atoms with E-state index in [4.69, 9.17) is 5.11 Å². The zero-order chi connectivity index (χ0) is 19.6. The van der Waals surface area contributed by atoms with E-state index < -0.39 is 21.9 Å². The van der Waals surface area contributed by atoms with E-state index >= 15 is 0 Å². The molecule has 0 heterocycles. The fourth-order valence-corrected chi connectivity index (χ4v) is 5.21. The molecule has 2 saturated carbocycles. The average Bonchev–Trinajstić information content (AvgIpc) is 2.64. The number of carboxylic acid groups (broad SMARTS) is 1. The van der Waals surface area contributed by atoms with Crippen LogP contribution < -0.4 is 5.32 Å². The van der Waals surface area contributed by atoms with Gasteiger partial charge in [-0.05, 0) is 49.9 Å². The van der Waals surface area contributed by atoms with Crippen molar-refractivity contribution in [1.82, 2.24) is 9.62 Å². The van der Waals surface area contributed by atoms with Crippen molar-refractivity contribution >= 4 is 21.9 Å². The van der Waals surface area contributed by atoms with Gasteiger partial charge in [-0.2, -0.15) is 4.31 Å². The molecule has 1 aromatic rings. The lowest BCUT2D eigenvalue weighted by Crippen LogP contribution is -2.46. The van der Waals surface area contributed by atoms with Crippen molar-refractivity contribution in [3.05, 3.63) is 29.8 Å². The molecule has 2 aliphatic rings. The van der Waals surface area contributed by atoms with Crippen molar-refractivity contribution < 1.29 is 23.1 Å². The lowest BCUT2D eigenvalue weighted by molar-refractivity contribution is -0.145. The first-order valence-electron chi connectivity index (χ1n) is 9.41. The minimum atomic E-state index is -3.58. The number of aliphatic carboxylic acids is 1. The van der Waals surface area contributed by atoms with Crippen LogP contribution in [0.4, 0.5) is 0 Å². The molecule has 27 heavy (non-hydrogen) atoms. The van der Waals surface area contributed by atoms with Gasteiger partial charge in [-0.3, -0.25) is 9.59 Å². The van der Waals surface area contributed by atoms with Crippen LogP contribution in [0, 0.1) is 5.92 Å². The maximum Gasteiger partial charge on any atom is 0.306 e. The first kappa shape index (κ1) is 19.8. The van der Waals surface area contributed by atoms with Gasteiger partial charge in [0.2, 0.25) is 10.0 Å². The van der Waals surface area contributed by atoms with Gasteiger partial charge in [0.25, 0.3) is 5.91 Å². The summed E-state index contributed by atoms with van der Waals surface area (Å²) in [7, 11) is -1.95. The Labute approximate surface area is 159 Å². The molecule has 8 heteroatoms. The summed E-state index contributed by atoms with van der Waals surface area (Å²) in [5.74, 6) is -1.54. The molecule has 0 saturated heterocycles. The fourth-order valence-electron chi connectivity index (χ4n) is 3.79. The molecule has 0 spiro atoms. The highest BCUT2D eigenvalue weighted by molar-refractivity contribution is 7.89. The van der Waals surface area contributed by atoms with Crippen LogP contribution in [0.2, 0.25) is 0 Å². The first-order chi connectivity index (χ1) is 12.8. The lowest BCUT2D eigenvalue weighted by Gasteiger charge is -2.32. The molecule has 148 valence electrons. The Balaban J connectivity index is 1.62. The SMILES string of the molecule is CN(C1CCCCC1)S(=O)(=O)c1ccc(C(=O)NC2CC(C(=O)O)C2)cc1. The third-order valence-electron chi connectivity index (χ3n) is 5.70. The molecule has 0 aromatic heterocycles. The van der Waals surface area contributed by atoms with E-state index in [9.17, 15) is 18.0 Å². The predicted molar refractivity (Wildman–Crippen MR) is 99.9 cm³/mol. The van der Waals surface area contributed by atoms with Gasteiger partial charge in [-0.1, -0.05) is 19.3 Å². The maximum atomic E-state index is 12.8. The Morgan fingerprint density at radius 3 is 2.22 bits per heavy atom. The summed E-state index contributed by atoms with van der Waals surface area (Å²) in [6.45, 7) is 0. The van der Waals surface area contributed by atoms with Crippen molar-refractivity contribution in [1.29, 1.82) is 0 Å². The van der Waals surface area contributed by atoms with E-state index in [1.165, 1.54) is 28.6 Å². The molecule has 2 aliphatic carbocycles. The van der Waals surface area contributed by atoms with Crippen LogP contribution in [0.5, 0.6) is 0 Å². The van der Waals surface area contributed by atoms with Crippen molar-refractivity contribution in [2.75, 3.05) is 7.05 Å². The van der Waals surface area contributed by atoms with Crippen LogP contribution in [0.15, 0.2) is 29.2 Å². The smallest absolute Gasteiger partial charge is 0.306 e. The fraction of sp³-hybridized carbons (Fsp3) is 0.579. The average molecular weight is 394 g/mol. The number of nitrogens with zero attached hydrogens (tertiary/aromatic N) is 1. The predicted octanol–water partition coefficient (Wildman–Crippen LogP) is 2.23. The third-order valence-corrected chi connectivity index (χ3v) is 7.63. The number of carbonyl (C=O) groups is 2. The second-order valence-electron chi connectivity index (χ2n) is 7.51. The van der Waals surface area contributed by atoms with Crippen molar-refractivity contribution in [2.45, 2.75) is 61.9 Å². The number of hydrogen-bond acceptors (Lipinski definition) is 4. The Bertz CT molecular complexity index is 794. The molecular formula is C19H26N2O5S. The Morgan fingerprint density at radius 1 is 1.07 bits per heavy atom. The van der Waals surface area contributed by atoms with E-state index in [2.05, 4.69) is 5.32 Å². The number of amides is 1. The molecule has 1 amide bonds. The quantitative estimate of drug-likeness (QED) is 0.770. The number of sulfonamides is 1. The highest BCUT2D eigenvalue weighted by Crippen LogP contribution is 2.28. The summed E-state index contributed by atoms with van der Waals surface area (Å²) in [6, 6.07) is 5.83. The Kier molecular flexibility index (Phi) is 5.86. The largest absolute Gasteiger partial charge is 0.481 e. The van der Waals surface area contributed by atoms with Crippen molar-refractivity contribution in [2.24, 2.45) is 5.92 Å². The molecule has 0 aliphatic heterocycles. The van der Waals surface area contributed by atoms with Crippen LogP contribution >= 0.6 is 0 Å². The molecule has 0 radical (unpaired) electrons. The number of benzene rings is 1. The van der Waals surface area contributed by atoms with Crippen LogP contribution in [0.3, 0.4) is 0 Å². The van der Waals surface area contributed by atoms with Crippen LogP contribution in [0.25, 0.3) is 0 Å². The van der Waals surface area contributed by atoms with E-state index in [1.54, 1.807) is 7.05 Å². The van der Waals surface area contributed by atoms with Crippen LogP contribution in [0.1, 0.15) is 55.3 Å². The molecule has 2 fully saturated rings. The summed E-state index contributed by atoms with van der Waals surface area (Å²) in [5, 5.41) is 11.7. The van der Waals surface area contributed by atoms with Crippen LogP contribution in [-0.2, 0) is 14.8 Å². The molecular weight excluding hydrogens is 368 g/mol. The Morgan fingerprint density at radius 2 is 1.67 bits per heavy atom. The van der Waals surface area contributed by atoms with Gasteiger partial charge < -0.3 is 10.4 Å². The third kappa shape index (κ3) is 4.32. The maximum absolute atomic E-state index is 12.8. The highest BCUT2D eigenvalue weighted by Gasteiger charge is 2.35. The first-order valence-corrected chi connectivity index (χ1v) is 10.8. The topological polar surface area (TPSA) is 104 Å². The molecule has 7 nitrogen and oxygen atoms in total. The number of carboxylic acids is 1. The van der Waals surface area contributed by atoms with E-state index in [0.29, 0.717) is 18.4 Å². The summed E-state index contributed by atoms with van der Waals surface area (Å²) in [4.78, 5) is 23.2. The molecule has 3 rings (SSSR count).